The molecule has 0 unspecified atom stereocenters. The molecular formula is C22H18F3N3O5. The van der Waals surface area contributed by atoms with Crippen molar-refractivity contribution < 1.29 is 41.1 Å². The maximum absolute atomic E-state index is 12.9. The molecule has 0 fully saturated rings. The lowest BCUT2D eigenvalue weighted by Crippen LogP contribution is -2.17. The van der Waals surface area contributed by atoms with Gasteiger partial charge in [0, 0.05) is 18.0 Å². The number of ether oxygens (including phenoxy) is 3. The number of carbonyl (C=O) groups is 2. The Morgan fingerprint density at radius 3 is 2.55 bits per heavy atom. The summed E-state index contributed by atoms with van der Waals surface area (Å²) in [6.07, 6.45) is -3.76. The van der Waals surface area contributed by atoms with Crippen molar-refractivity contribution in [2.24, 2.45) is 5.73 Å². The first kappa shape index (κ1) is 19.4. The van der Waals surface area contributed by atoms with Gasteiger partial charge in [-0.2, -0.15) is 0 Å². The van der Waals surface area contributed by atoms with E-state index in [0.29, 0.717) is 11.6 Å². The van der Waals surface area contributed by atoms with Gasteiger partial charge in [0.1, 0.15) is 17.2 Å². The van der Waals surface area contributed by atoms with Gasteiger partial charge < -0.3 is 25.3 Å². The number of anilines is 1. The van der Waals surface area contributed by atoms with E-state index in [9.17, 15) is 22.8 Å². The lowest BCUT2D eigenvalue weighted by Gasteiger charge is -2.16. The summed E-state index contributed by atoms with van der Waals surface area (Å²) in [5, 5.41) is 2.55. The minimum absolute atomic E-state index is 0.0199. The fourth-order valence-corrected chi connectivity index (χ4v) is 2.71. The highest BCUT2D eigenvalue weighted by molar-refractivity contribution is 6.06. The second-order valence-corrected chi connectivity index (χ2v) is 6.61. The molecule has 172 valence electrons. The quantitative estimate of drug-likeness (QED) is 0.535. The van der Waals surface area contributed by atoms with Gasteiger partial charge in [-0.1, -0.05) is 6.07 Å². The zero-order valence-corrected chi connectivity index (χ0v) is 16.9. The molecular weight excluding hydrogens is 443 g/mol. The number of carbonyl (C=O) groups excluding carboxylic acids is 2. The average Bonchev–Trinajstić information content (AvgIpc) is 2.73. The minimum atomic E-state index is -5.03. The molecule has 3 aromatic rings. The van der Waals surface area contributed by atoms with Crippen molar-refractivity contribution in [1.29, 1.82) is 0 Å². The van der Waals surface area contributed by atoms with Crippen molar-refractivity contribution in [3.63, 3.8) is 0 Å². The lowest BCUT2D eigenvalue weighted by molar-refractivity contribution is -0.274. The first-order valence-electron chi connectivity index (χ1n) is 10.6. The molecule has 3 rings (SSSR count). The van der Waals surface area contributed by atoms with Crippen LogP contribution in [0, 0.1) is 6.92 Å². The van der Waals surface area contributed by atoms with Crippen LogP contribution in [0.5, 0.6) is 23.0 Å². The van der Waals surface area contributed by atoms with Gasteiger partial charge in [0.05, 0.1) is 16.7 Å². The van der Waals surface area contributed by atoms with Crippen LogP contribution in [0.3, 0.4) is 0 Å². The smallest absolute Gasteiger partial charge is 0.493 e. The molecule has 2 amide bonds. The molecule has 1 heterocycles. The van der Waals surface area contributed by atoms with Gasteiger partial charge in [0.15, 0.2) is 11.5 Å². The van der Waals surface area contributed by atoms with Crippen LogP contribution in [0.2, 0.25) is 0 Å². The SMILES string of the molecule is [2H]C([2H])([2H])Oc1cc(OC(F)(F)F)ccc1Oc1cc(C)ccc1C(=O)Nc1ccnc(C(N)=O)c1. The van der Waals surface area contributed by atoms with E-state index in [1.165, 1.54) is 30.5 Å². The second kappa shape index (κ2) is 9.47. The molecule has 2 aromatic carbocycles. The summed E-state index contributed by atoms with van der Waals surface area (Å²) in [4.78, 5) is 28.1. The number of nitrogens with zero attached hydrogens (tertiary/aromatic N) is 1. The van der Waals surface area contributed by atoms with E-state index in [2.05, 4.69) is 15.0 Å². The number of aromatic nitrogens is 1. The predicted molar refractivity (Wildman–Crippen MR) is 112 cm³/mol. The summed E-state index contributed by atoms with van der Waals surface area (Å²) in [6, 6.07) is 9.76. The van der Waals surface area contributed by atoms with Gasteiger partial charge >= 0.3 is 6.36 Å². The van der Waals surface area contributed by atoms with Crippen LogP contribution in [-0.4, -0.2) is 30.2 Å². The molecule has 0 aliphatic carbocycles. The second-order valence-electron chi connectivity index (χ2n) is 6.61. The van der Waals surface area contributed by atoms with Gasteiger partial charge in [-0.25, -0.2) is 0 Å². The van der Waals surface area contributed by atoms with E-state index in [0.717, 1.165) is 12.1 Å². The van der Waals surface area contributed by atoms with Crippen molar-refractivity contribution in [3.8, 4) is 23.0 Å². The third kappa shape index (κ3) is 6.12. The summed E-state index contributed by atoms with van der Waals surface area (Å²) in [6.45, 7) is 1.69. The van der Waals surface area contributed by atoms with E-state index >= 15 is 0 Å². The lowest BCUT2D eigenvalue weighted by atomic mass is 10.1. The van der Waals surface area contributed by atoms with E-state index < -0.39 is 36.7 Å². The summed E-state index contributed by atoms with van der Waals surface area (Å²) in [5.41, 5.74) is 5.95. The van der Waals surface area contributed by atoms with Crippen LogP contribution in [0.4, 0.5) is 18.9 Å². The van der Waals surface area contributed by atoms with Crippen LogP contribution >= 0.6 is 0 Å². The standard InChI is InChI=1S/C22H18F3N3O5/c1-12-3-5-15(21(30)28-13-7-8-27-16(10-13)20(26)29)18(9-12)32-17-6-4-14(11-19(17)31-2)33-22(23,24)25/h3-11H,1-2H3,(H2,26,29)(H,27,28,30)/i2D3. The third-order valence-corrected chi connectivity index (χ3v) is 4.13. The molecule has 8 nitrogen and oxygen atoms in total. The Bertz CT molecular complexity index is 1300. The predicted octanol–water partition coefficient (Wildman–Crippen LogP) is 4.44. The van der Waals surface area contributed by atoms with Gasteiger partial charge in [-0.05, 0) is 48.9 Å². The van der Waals surface area contributed by atoms with Crippen LogP contribution < -0.4 is 25.3 Å². The number of hydrogen-bond acceptors (Lipinski definition) is 6. The van der Waals surface area contributed by atoms with Crippen LogP contribution in [0.15, 0.2) is 54.7 Å². The molecule has 33 heavy (non-hydrogen) atoms. The number of pyridine rings is 1. The maximum atomic E-state index is 12.9. The number of amides is 2. The van der Waals surface area contributed by atoms with E-state index in [-0.39, 0.29) is 28.4 Å². The molecule has 0 saturated carbocycles. The molecule has 3 N–H and O–H groups in total. The third-order valence-electron chi connectivity index (χ3n) is 4.13. The van der Waals surface area contributed by atoms with E-state index in [1.807, 2.05) is 0 Å². The summed E-state index contributed by atoms with van der Waals surface area (Å²) < 4.78 is 74.1. The Hall–Kier alpha value is -4.28. The minimum Gasteiger partial charge on any atom is -0.493 e. The molecule has 0 aliphatic heterocycles. The summed E-state index contributed by atoms with van der Waals surface area (Å²) >= 11 is 0. The molecule has 1 aromatic heterocycles. The first-order valence-corrected chi connectivity index (χ1v) is 9.15. The van der Waals surface area contributed by atoms with E-state index in [1.54, 1.807) is 13.0 Å². The largest absolute Gasteiger partial charge is 0.573 e. The molecule has 0 saturated heterocycles. The van der Waals surface area contributed by atoms with Gasteiger partial charge in [-0.3, -0.25) is 14.6 Å². The number of rotatable bonds is 7. The normalized spacial score (nSPS) is 12.7. The highest BCUT2D eigenvalue weighted by atomic mass is 19.4. The Labute approximate surface area is 190 Å². The number of primary amides is 1. The zero-order valence-electron chi connectivity index (χ0n) is 19.9. The maximum Gasteiger partial charge on any atom is 0.573 e. The Kier molecular flexibility index (Phi) is 5.57. The Morgan fingerprint density at radius 1 is 1.06 bits per heavy atom. The van der Waals surface area contributed by atoms with Crippen molar-refractivity contribution >= 4 is 17.5 Å². The summed E-state index contributed by atoms with van der Waals surface area (Å²) in [7, 11) is -3.03. The monoisotopic (exact) mass is 464 g/mol. The average molecular weight is 464 g/mol. The number of halogens is 3. The molecule has 0 radical (unpaired) electrons. The van der Waals surface area contributed by atoms with Crippen molar-refractivity contribution in [2.75, 3.05) is 12.4 Å². The Morgan fingerprint density at radius 2 is 1.85 bits per heavy atom. The number of nitrogens with one attached hydrogen (secondary N) is 1. The highest BCUT2D eigenvalue weighted by Crippen LogP contribution is 2.37. The number of benzene rings is 2. The van der Waals surface area contributed by atoms with Crippen LogP contribution in [-0.2, 0) is 0 Å². The summed E-state index contributed by atoms with van der Waals surface area (Å²) in [5.74, 6) is -3.15. The number of hydrogen-bond donors (Lipinski definition) is 2. The molecule has 0 bridgehead atoms. The molecule has 0 spiro atoms. The molecule has 0 aliphatic rings. The zero-order chi connectivity index (χ0) is 26.7. The molecule has 11 heteroatoms. The molecule has 0 atom stereocenters. The number of methoxy groups -OCH3 is 1. The topological polar surface area (TPSA) is 113 Å². The van der Waals surface area contributed by atoms with Crippen molar-refractivity contribution in [1.82, 2.24) is 4.98 Å². The number of nitrogens with two attached hydrogens (primary N) is 1. The fourth-order valence-electron chi connectivity index (χ4n) is 2.71. The van der Waals surface area contributed by atoms with Gasteiger partial charge in [0.25, 0.3) is 11.8 Å². The Balaban J connectivity index is 1.96. The van der Waals surface area contributed by atoms with Crippen molar-refractivity contribution in [3.05, 3.63) is 71.5 Å². The number of aryl methyl sites for hydroxylation is 1. The van der Waals surface area contributed by atoms with Crippen LogP contribution in [0.1, 0.15) is 30.5 Å². The van der Waals surface area contributed by atoms with Crippen molar-refractivity contribution in [2.45, 2.75) is 13.3 Å². The van der Waals surface area contributed by atoms with Gasteiger partial charge in [-0.15, -0.1) is 13.2 Å². The fraction of sp³-hybridized carbons (Fsp3) is 0.136. The van der Waals surface area contributed by atoms with Gasteiger partial charge in [0.2, 0.25) is 0 Å². The number of alkyl halides is 3. The highest BCUT2D eigenvalue weighted by Gasteiger charge is 2.31. The first-order chi connectivity index (χ1) is 16.7. The van der Waals surface area contributed by atoms with E-state index in [4.69, 9.17) is 19.3 Å². The van der Waals surface area contributed by atoms with Crippen LogP contribution in [0.25, 0.3) is 0 Å².